The van der Waals surface area contributed by atoms with Crippen LogP contribution in [0.4, 0.5) is 0 Å². The van der Waals surface area contributed by atoms with E-state index in [-0.39, 0.29) is 12.0 Å². The smallest absolute Gasteiger partial charge is 0.331 e. The van der Waals surface area contributed by atoms with Gasteiger partial charge in [0.1, 0.15) is 30.5 Å². The third kappa shape index (κ3) is 5.42. The number of aliphatic hydroxyl groups excluding tert-OH is 6. The zero-order valence-corrected chi connectivity index (χ0v) is 16.5. The van der Waals surface area contributed by atoms with Gasteiger partial charge in [0.25, 0.3) is 0 Å². The Balaban J connectivity index is 2.27. The fourth-order valence-corrected chi connectivity index (χ4v) is 3.34. The van der Waals surface area contributed by atoms with Crippen molar-refractivity contribution in [3.63, 3.8) is 0 Å². The van der Waals surface area contributed by atoms with Crippen molar-refractivity contribution in [2.24, 2.45) is 0 Å². The highest BCUT2D eigenvalue weighted by molar-refractivity contribution is 5.83. The SMILES string of the molecule is CC(C)=CC(=O)O[C@H]1/C(=C/C#N)[C@H](O[C@@H]2O[C@H](CO)[C@@H](O)[C@H](O)[C@H]2O)C[C@H](O)[C@@H]1O. The minimum atomic E-state index is -1.71. The van der Waals surface area contributed by atoms with Crippen molar-refractivity contribution in [3.05, 3.63) is 23.3 Å². The van der Waals surface area contributed by atoms with E-state index in [1.807, 2.05) is 0 Å². The van der Waals surface area contributed by atoms with Crippen molar-refractivity contribution in [3.8, 4) is 6.07 Å². The topological polar surface area (TPSA) is 190 Å². The first-order valence-electron chi connectivity index (χ1n) is 9.37. The molecule has 168 valence electrons. The molecule has 11 heteroatoms. The molecule has 2 fully saturated rings. The molecule has 2 aliphatic rings. The summed E-state index contributed by atoms with van der Waals surface area (Å²) in [5.41, 5.74) is 0.647. The van der Waals surface area contributed by atoms with Crippen LogP contribution in [0.5, 0.6) is 0 Å². The van der Waals surface area contributed by atoms with Crippen LogP contribution in [0.25, 0.3) is 0 Å². The first-order chi connectivity index (χ1) is 14.1. The van der Waals surface area contributed by atoms with Crippen LogP contribution >= 0.6 is 0 Å². The molecular weight excluding hydrogens is 402 g/mol. The van der Waals surface area contributed by atoms with Crippen LogP contribution in [0.15, 0.2) is 23.3 Å². The molecule has 0 spiro atoms. The van der Waals surface area contributed by atoms with Crippen LogP contribution in [0.2, 0.25) is 0 Å². The van der Waals surface area contributed by atoms with Gasteiger partial charge >= 0.3 is 5.97 Å². The van der Waals surface area contributed by atoms with Gasteiger partial charge in [-0.3, -0.25) is 0 Å². The van der Waals surface area contributed by atoms with E-state index in [2.05, 4.69) is 0 Å². The predicted octanol–water partition coefficient (Wildman–Crippen LogP) is -2.38. The van der Waals surface area contributed by atoms with E-state index in [0.29, 0.717) is 5.57 Å². The van der Waals surface area contributed by atoms with E-state index < -0.39 is 67.7 Å². The molecule has 0 radical (unpaired) electrons. The monoisotopic (exact) mass is 429 g/mol. The van der Waals surface area contributed by atoms with E-state index in [0.717, 1.165) is 6.08 Å². The maximum atomic E-state index is 12.0. The summed E-state index contributed by atoms with van der Waals surface area (Å²) in [4.78, 5) is 12.0. The normalized spacial score (nSPS) is 40.5. The summed E-state index contributed by atoms with van der Waals surface area (Å²) in [6, 6.07) is 1.76. The number of nitriles is 1. The second-order valence-electron chi connectivity index (χ2n) is 7.47. The van der Waals surface area contributed by atoms with Crippen LogP contribution in [0, 0.1) is 11.3 Å². The number of carbonyl (C=O) groups is 1. The summed E-state index contributed by atoms with van der Waals surface area (Å²) in [5, 5.41) is 68.9. The molecule has 1 saturated heterocycles. The lowest BCUT2D eigenvalue weighted by Crippen LogP contribution is -2.60. The van der Waals surface area contributed by atoms with Gasteiger partial charge in [-0.15, -0.1) is 0 Å². The Labute approximate surface area is 173 Å². The highest BCUT2D eigenvalue weighted by Gasteiger charge is 2.48. The number of rotatable bonds is 5. The van der Waals surface area contributed by atoms with Crippen LogP contribution in [-0.4, -0.2) is 98.3 Å². The number of aliphatic hydroxyl groups is 6. The summed E-state index contributed by atoms with van der Waals surface area (Å²) in [5.74, 6) is -0.802. The fourth-order valence-electron chi connectivity index (χ4n) is 3.34. The van der Waals surface area contributed by atoms with E-state index >= 15 is 0 Å². The Morgan fingerprint density at radius 2 is 1.83 bits per heavy atom. The van der Waals surface area contributed by atoms with Gasteiger partial charge in [-0.25, -0.2) is 4.79 Å². The molecule has 1 aliphatic heterocycles. The van der Waals surface area contributed by atoms with Crippen molar-refractivity contribution in [2.75, 3.05) is 6.61 Å². The maximum Gasteiger partial charge on any atom is 0.331 e. The zero-order chi connectivity index (χ0) is 22.6. The molecule has 9 atom stereocenters. The first-order valence-corrected chi connectivity index (χ1v) is 9.37. The second-order valence-corrected chi connectivity index (χ2v) is 7.47. The van der Waals surface area contributed by atoms with Gasteiger partial charge in [0.2, 0.25) is 0 Å². The lowest BCUT2D eigenvalue weighted by Gasteiger charge is -2.43. The van der Waals surface area contributed by atoms with Gasteiger partial charge in [-0.1, -0.05) is 5.57 Å². The average Bonchev–Trinajstić information content (AvgIpc) is 2.68. The molecule has 0 unspecified atom stereocenters. The van der Waals surface area contributed by atoms with Gasteiger partial charge < -0.3 is 44.8 Å². The predicted molar refractivity (Wildman–Crippen MR) is 98.3 cm³/mol. The molecule has 0 aromatic carbocycles. The van der Waals surface area contributed by atoms with Gasteiger partial charge in [-0.05, 0) is 13.8 Å². The average molecular weight is 429 g/mol. The highest BCUT2D eigenvalue weighted by atomic mass is 16.7. The lowest BCUT2D eigenvalue weighted by atomic mass is 9.84. The molecule has 0 amide bonds. The zero-order valence-electron chi connectivity index (χ0n) is 16.5. The number of carbonyl (C=O) groups excluding carboxylic acids is 1. The van der Waals surface area contributed by atoms with Crippen LogP contribution in [0.3, 0.4) is 0 Å². The number of ether oxygens (including phenoxy) is 3. The maximum absolute atomic E-state index is 12.0. The minimum absolute atomic E-state index is 0.0165. The largest absolute Gasteiger partial charge is 0.452 e. The van der Waals surface area contributed by atoms with Crippen LogP contribution in [-0.2, 0) is 19.0 Å². The number of nitrogens with zero attached hydrogens (tertiary/aromatic N) is 1. The molecule has 11 nitrogen and oxygen atoms in total. The summed E-state index contributed by atoms with van der Waals surface area (Å²) in [6.07, 6.45) is -11.3. The fraction of sp³-hybridized carbons (Fsp3) is 0.684. The van der Waals surface area contributed by atoms with Crippen molar-refractivity contribution in [1.82, 2.24) is 0 Å². The third-order valence-corrected chi connectivity index (χ3v) is 4.89. The summed E-state index contributed by atoms with van der Waals surface area (Å²) in [6.45, 7) is 2.65. The lowest BCUT2D eigenvalue weighted by molar-refractivity contribution is -0.312. The van der Waals surface area contributed by atoms with E-state index in [9.17, 15) is 35.4 Å². The number of hydrogen-bond acceptors (Lipinski definition) is 11. The molecule has 30 heavy (non-hydrogen) atoms. The van der Waals surface area contributed by atoms with E-state index in [1.165, 1.54) is 6.08 Å². The van der Waals surface area contributed by atoms with Crippen molar-refractivity contribution < 1.29 is 49.6 Å². The molecule has 1 heterocycles. The Morgan fingerprint density at radius 1 is 1.17 bits per heavy atom. The molecule has 0 bridgehead atoms. The second kappa shape index (κ2) is 10.4. The molecular formula is C19H27NO10. The first kappa shape index (κ1) is 24.4. The van der Waals surface area contributed by atoms with Gasteiger partial charge in [0.15, 0.2) is 12.4 Å². The third-order valence-electron chi connectivity index (χ3n) is 4.89. The molecule has 6 N–H and O–H groups in total. The van der Waals surface area contributed by atoms with Gasteiger partial charge in [-0.2, -0.15) is 5.26 Å². The number of allylic oxidation sites excluding steroid dienone is 2. The van der Waals surface area contributed by atoms with Crippen molar-refractivity contribution in [2.45, 2.75) is 75.4 Å². The molecule has 1 saturated carbocycles. The Morgan fingerprint density at radius 3 is 2.40 bits per heavy atom. The van der Waals surface area contributed by atoms with E-state index in [4.69, 9.17) is 19.5 Å². The quantitative estimate of drug-likeness (QED) is 0.155. The van der Waals surface area contributed by atoms with Gasteiger partial charge in [0.05, 0.1) is 24.9 Å². The van der Waals surface area contributed by atoms with Crippen molar-refractivity contribution in [1.29, 1.82) is 5.26 Å². The van der Waals surface area contributed by atoms with Gasteiger partial charge in [0, 0.05) is 24.1 Å². The summed E-state index contributed by atoms with van der Waals surface area (Å²) >= 11 is 0. The molecule has 2 rings (SSSR count). The number of hydrogen-bond donors (Lipinski definition) is 6. The minimum Gasteiger partial charge on any atom is -0.452 e. The standard InChI is InChI=1S/C19H27NO10/c1-8(2)5-13(23)30-18-9(3-4-20)11(6-10(22)14(18)24)28-19-17(27)16(26)15(25)12(7-21)29-19/h3,5,10-12,14-19,21-22,24-27H,6-7H2,1-2H3/b9-3+/t10-,11+,12+,14-,15+,16-,17+,18-,19+/m0/s1. The molecule has 0 aromatic rings. The van der Waals surface area contributed by atoms with E-state index in [1.54, 1.807) is 19.9 Å². The molecule has 0 aromatic heterocycles. The summed E-state index contributed by atoms with van der Waals surface area (Å²) < 4.78 is 16.1. The number of esters is 1. The van der Waals surface area contributed by atoms with Crippen molar-refractivity contribution >= 4 is 5.97 Å². The summed E-state index contributed by atoms with van der Waals surface area (Å²) in [7, 11) is 0. The highest BCUT2D eigenvalue weighted by Crippen LogP contribution is 2.33. The Kier molecular flexibility index (Phi) is 8.48. The van der Waals surface area contributed by atoms with Crippen LogP contribution < -0.4 is 0 Å². The molecule has 1 aliphatic carbocycles. The van der Waals surface area contributed by atoms with Crippen LogP contribution in [0.1, 0.15) is 20.3 Å². The Hall–Kier alpha value is -1.88. The Bertz CT molecular complexity index is 711.